The van der Waals surface area contributed by atoms with Crippen LogP contribution in [0.3, 0.4) is 0 Å². The first-order valence-electron chi connectivity index (χ1n) is 9.64. The Balaban J connectivity index is 2.64. The second kappa shape index (κ2) is 7.23. The Morgan fingerprint density at radius 2 is 1.41 bits per heavy atom. The van der Waals surface area contributed by atoms with Gasteiger partial charge in [0.05, 0.1) is 0 Å². The second-order valence-corrected chi connectivity index (χ2v) is 15.1. The van der Waals surface area contributed by atoms with Gasteiger partial charge in [-0.15, -0.1) is 0 Å². The Morgan fingerprint density at radius 3 is 1.85 bits per heavy atom. The molecule has 1 aromatic rings. The molecule has 0 aromatic heterocycles. The molecule has 0 saturated heterocycles. The van der Waals surface area contributed by atoms with E-state index in [0.29, 0.717) is 5.71 Å². The number of nitrogens with zero attached hydrogens (tertiary/aromatic N) is 2. The van der Waals surface area contributed by atoms with Crippen molar-refractivity contribution >= 4 is 25.4 Å². The van der Waals surface area contributed by atoms with E-state index in [-0.39, 0.29) is 16.6 Å². The summed E-state index contributed by atoms with van der Waals surface area (Å²) >= 11 is 0. The summed E-state index contributed by atoms with van der Waals surface area (Å²) in [6.45, 7) is 19.5. The molecule has 146 valence electrons. The van der Waals surface area contributed by atoms with E-state index in [2.05, 4.69) is 84.1 Å². The number of allylic oxidation sites excluding steroid dienone is 4. The van der Waals surface area contributed by atoms with Crippen LogP contribution in [0.1, 0.15) is 41.5 Å². The predicted octanol–water partition coefficient (Wildman–Crippen LogP) is 6.21. The van der Waals surface area contributed by atoms with Gasteiger partial charge in [0.15, 0.2) is 8.24 Å². The van der Waals surface area contributed by atoms with Crippen molar-refractivity contribution in [3.63, 3.8) is 0 Å². The van der Waals surface area contributed by atoms with Crippen LogP contribution in [-0.4, -0.2) is 19.7 Å². The van der Waals surface area contributed by atoms with Crippen molar-refractivity contribution in [1.29, 1.82) is 0 Å². The SMILES string of the molecule is CC(C)(C)C1=CC(=NN(c2ccccc2)[Si](C)(C)C)C(=O)C(C(C)(C)C)=C1. The van der Waals surface area contributed by atoms with E-state index in [0.717, 1.165) is 16.8 Å². The highest BCUT2D eigenvalue weighted by molar-refractivity contribution is 6.79. The van der Waals surface area contributed by atoms with E-state index in [4.69, 9.17) is 5.10 Å². The molecule has 2 rings (SSSR count). The van der Waals surface area contributed by atoms with Gasteiger partial charge in [0, 0.05) is 11.3 Å². The monoisotopic (exact) mass is 382 g/mol. The fraction of sp³-hybridized carbons (Fsp3) is 0.478. The molecule has 0 unspecified atom stereocenters. The highest BCUT2D eigenvalue weighted by Gasteiger charge is 2.34. The number of hydrogen-bond donors (Lipinski definition) is 0. The number of Topliss-reactive ketones (excluding diaryl/α,β-unsaturated/α-hetero) is 1. The Morgan fingerprint density at radius 1 is 0.852 bits per heavy atom. The minimum Gasteiger partial charge on any atom is -0.294 e. The van der Waals surface area contributed by atoms with Crippen LogP contribution in [0.2, 0.25) is 19.6 Å². The molecule has 0 spiro atoms. The fourth-order valence-corrected chi connectivity index (χ4v) is 4.28. The van der Waals surface area contributed by atoms with Crippen LogP contribution >= 0.6 is 0 Å². The fourth-order valence-electron chi connectivity index (χ4n) is 2.95. The van der Waals surface area contributed by atoms with E-state index in [1.54, 1.807) is 0 Å². The van der Waals surface area contributed by atoms with Gasteiger partial charge < -0.3 is 0 Å². The molecule has 0 amide bonds. The van der Waals surface area contributed by atoms with E-state index in [1.165, 1.54) is 0 Å². The molecule has 0 saturated carbocycles. The van der Waals surface area contributed by atoms with Crippen LogP contribution in [-0.2, 0) is 4.79 Å². The Kier molecular flexibility index (Phi) is 5.72. The van der Waals surface area contributed by atoms with Gasteiger partial charge in [0.2, 0.25) is 5.78 Å². The molecule has 1 aliphatic carbocycles. The molecule has 27 heavy (non-hydrogen) atoms. The average Bonchev–Trinajstić information content (AvgIpc) is 2.51. The zero-order chi connectivity index (χ0) is 20.6. The Bertz CT molecular complexity index is 798. The lowest BCUT2D eigenvalue weighted by Gasteiger charge is -2.34. The highest BCUT2D eigenvalue weighted by atomic mass is 28.3. The topological polar surface area (TPSA) is 32.7 Å². The van der Waals surface area contributed by atoms with Crippen molar-refractivity contribution in [3.05, 3.63) is 53.6 Å². The first kappa shape index (κ1) is 21.4. The smallest absolute Gasteiger partial charge is 0.209 e. The minimum absolute atomic E-state index is 0.0367. The van der Waals surface area contributed by atoms with Gasteiger partial charge in [-0.05, 0) is 54.3 Å². The van der Waals surface area contributed by atoms with Crippen LogP contribution in [0, 0.1) is 10.8 Å². The standard InChI is InChI=1S/C23H34N2OSi/c1-22(2,3)17-15-19(23(4,5)6)21(26)20(16-17)24-25(27(7,8)9)18-13-11-10-12-14-18/h10-16H,1-9H3. The molecular weight excluding hydrogens is 348 g/mol. The number of rotatable bonds is 3. The van der Waals surface area contributed by atoms with Crippen molar-refractivity contribution in [1.82, 2.24) is 0 Å². The summed E-state index contributed by atoms with van der Waals surface area (Å²) in [4.78, 5) is 13.3. The quantitative estimate of drug-likeness (QED) is 0.353. The maximum Gasteiger partial charge on any atom is 0.209 e. The van der Waals surface area contributed by atoms with Gasteiger partial charge in [-0.25, -0.2) is 0 Å². The van der Waals surface area contributed by atoms with Crippen molar-refractivity contribution in [2.24, 2.45) is 15.9 Å². The van der Waals surface area contributed by atoms with Gasteiger partial charge in [-0.3, -0.25) is 9.47 Å². The van der Waals surface area contributed by atoms with Gasteiger partial charge in [-0.2, -0.15) is 5.10 Å². The Hall–Kier alpha value is -1.94. The summed E-state index contributed by atoms with van der Waals surface area (Å²) in [6, 6.07) is 10.2. The zero-order valence-corrected chi connectivity index (χ0v) is 19.3. The van der Waals surface area contributed by atoms with Crippen LogP contribution in [0.15, 0.2) is 58.7 Å². The average molecular weight is 383 g/mol. The van der Waals surface area contributed by atoms with Crippen molar-refractivity contribution in [3.8, 4) is 0 Å². The molecule has 0 heterocycles. The van der Waals surface area contributed by atoms with Crippen molar-refractivity contribution < 1.29 is 4.79 Å². The zero-order valence-electron chi connectivity index (χ0n) is 18.3. The van der Waals surface area contributed by atoms with E-state index in [1.807, 2.05) is 24.3 Å². The van der Waals surface area contributed by atoms with Crippen molar-refractivity contribution in [2.75, 3.05) is 4.67 Å². The van der Waals surface area contributed by atoms with Gasteiger partial charge >= 0.3 is 0 Å². The predicted molar refractivity (Wildman–Crippen MR) is 120 cm³/mol. The minimum atomic E-state index is -1.83. The third-order valence-corrected chi connectivity index (χ3v) is 6.22. The lowest BCUT2D eigenvalue weighted by molar-refractivity contribution is -0.110. The Labute approximate surface area is 165 Å². The second-order valence-electron chi connectivity index (χ2n) is 10.3. The third-order valence-electron chi connectivity index (χ3n) is 4.59. The van der Waals surface area contributed by atoms with E-state index in [9.17, 15) is 4.79 Å². The molecular formula is C23H34N2OSi. The summed E-state index contributed by atoms with van der Waals surface area (Å²) in [6.07, 6.45) is 4.05. The molecule has 4 heteroatoms. The lowest BCUT2D eigenvalue weighted by Crippen LogP contribution is -2.44. The lowest BCUT2D eigenvalue weighted by atomic mass is 9.74. The van der Waals surface area contributed by atoms with Gasteiger partial charge in [-0.1, -0.05) is 65.8 Å². The third kappa shape index (κ3) is 5.07. The summed E-state index contributed by atoms with van der Waals surface area (Å²) in [5.74, 6) is 0.0367. The molecule has 0 fully saturated rings. The normalized spacial score (nSPS) is 17.7. The summed E-state index contributed by atoms with van der Waals surface area (Å²) < 4.78 is 2.09. The van der Waals surface area contributed by atoms with Crippen LogP contribution < -0.4 is 4.67 Å². The molecule has 1 aromatic carbocycles. The molecule has 0 atom stereocenters. The number of ketones is 1. The van der Waals surface area contributed by atoms with E-state index < -0.39 is 8.24 Å². The summed E-state index contributed by atoms with van der Waals surface area (Å²) in [5, 5.41) is 4.93. The molecule has 0 N–H and O–H groups in total. The first-order chi connectivity index (χ1) is 12.2. The van der Waals surface area contributed by atoms with Crippen LogP contribution in [0.4, 0.5) is 5.69 Å². The largest absolute Gasteiger partial charge is 0.294 e. The van der Waals surface area contributed by atoms with Gasteiger partial charge in [0.25, 0.3) is 0 Å². The number of hydrazone groups is 1. The summed E-state index contributed by atoms with van der Waals surface area (Å²) in [5.41, 5.74) is 3.29. The van der Waals surface area contributed by atoms with Crippen LogP contribution in [0.25, 0.3) is 0 Å². The molecule has 0 radical (unpaired) electrons. The first-order valence-corrected chi connectivity index (χ1v) is 13.1. The molecule has 1 aliphatic rings. The highest BCUT2D eigenvalue weighted by Crippen LogP contribution is 2.36. The number of anilines is 1. The number of carbonyl (C=O) groups is 1. The molecule has 0 bridgehead atoms. The number of benzene rings is 1. The number of carbonyl (C=O) groups excluding carboxylic acids is 1. The number of hydrogen-bond acceptors (Lipinski definition) is 3. The number of para-hydroxylation sites is 1. The molecule has 0 aliphatic heterocycles. The molecule has 3 nitrogen and oxygen atoms in total. The van der Waals surface area contributed by atoms with Gasteiger partial charge in [0.1, 0.15) is 5.71 Å². The van der Waals surface area contributed by atoms with E-state index >= 15 is 0 Å². The maximum atomic E-state index is 13.3. The van der Waals surface area contributed by atoms with Crippen molar-refractivity contribution in [2.45, 2.75) is 61.2 Å². The van der Waals surface area contributed by atoms with Crippen LogP contribution in [0.5, 0.6) is 0 Å². The summed E-state index contributed by atoms with van der Waals surface area (Å²) in [7, 11) is -1.83. The maximum absolute atomic E-state index is 13.3.